The molecule has 1 amide bonds. The molecule has 6 nitrogen and oxygen atoms in total. The van der Waals surface area contributed by atoms with Crippen molar-refractivity contribution in [3.63, 3.8) is 0 Å². The summed E-state index contributed by atoms with van der Waals surface area (Å²) >= 11 is 0. The molecular formula is C15H21N5O. The van der Waals surface area contributed by atoms with Gasteiger partial charge in [0.2, 0.25) is 0 Å². The lowest BCUT2D eigenvalue weighted by Gasteiger charge is -2.10. The van der Waals surface area contributed by atoms with Crippen molar-refractivity contribution in [2.45, 2.75) is 26.8 Å². The molecule has 0 bridgehead atoms. The van der Waals surface area contributed by atoms with E-state index < -0.39 is 0 Å². The van der Waals surface area contributed by atoms with Crippen molar-refractivity contribution in [3.8, 4) is 5.69 Å². The van der Waals surface area contributed by atoms with Gasteiger partial charge in [0.1, 0.15) is 0 Å². The minimum absolute atomic E-state index is 0.200. The number of aryl methyl sites for hydroxylation is 1. The average molecular weight is 287 g/mol. The Labute approximate surface area is 124 Å². The smallest absolute Gasteiger partial charge is 0.273 e. The summed E-state index contributed by atoms with van der Waals surface area (Å²) < 4.78 is 1.68. The van der Waals surface area contributed by atoms with Crippen LogP contribution in [0.1, 0.15) is 28.7 Å². The first-order valence-corrected chi connectivity index (χ1v) is 6.97. The van der Waals surface area contributed by atoms with Crippen LogP contribution in [0.2, 0.25) is 0 Å². The number of amides is 1. The van der Waals surface area contributed by atoms with Crippen molar-refractivity contribution in [2.24, 2.45) is 0 Å². The molecule has 0 aliphatic rings. The zero-order valence-electron chi connectivity index (χ0n) is 12.8. The fraction of sp³-hybridized carbons (Fsp3) is 0.400. The van der Waals surface area contributed by atoms with E-state index in [4.69, 9.17) is 0 Å². The zero-order chi connectivity index (χ0) is 15.4. The number of aromatic nitrogens is 3. The van der Waals surface area contributed by atoms with E-state index in [-0.39, 0.29) is 11.9 Å². The molecular weight excluding hydrogens is 266 g/mol. The Bertz CT molecular complexity index is 635. The largest absolute Gasteiger partial charge is 0.349 e. The molecule has 0 radical (unpaired) electrons. The van der Waals surface area contributed by atoms with Crippen LogP contribution in [0, 0.1) is 13.8 Å². The Hall–Kier alpha value is -2.21. The number of benzene rings is 1. The molecule has 0 spiro atoms. The van der Waals surface area contributed by atoms with Gasteiger partial charge < -0.3 is 10.6 Å². The lowest BCUT2D eigenvalue weighted by Crippen LogP contribution is -2.37. The quantitative estimate of drug-likeness (QED) is 0.867. The molecule has 1 heterocycles. The minimum atomic E-state index is -0.200. The SMILES string of the molecule is CNC(C)CNC(=O)c1nnn(-c2cccc(C)c2)c1C. The van der Waals surface area contributed by atoms with Crippen LogP contribution >= 0.6 is 0 Å². The number of carbonyl (C=O) groups excluding carboxylic acids is 1. The fourth-order valence-corrected chi connectivity index (χ4v) is 1.98. The summed E-state index contributed by atoms with van der Waals surface area (Å²) in [6, 6.07) is 8.13. The molecule has 0 saturated heterocycles. The summed E-state index contributed by atoms with van der Waals surface area (Å²) in [4.78, 5) is 12.1. The Morgan fingerprint density at radius 2 is 2.14 bits per heavy atom. The van der Waals surface area contributed by atoms with Gasteiger partial charge in [0.05, 0.1) is 11.4 Å². The Morgan fingerprint density at radius 3 is 2.81 bits per heavy atom. The number of nitrogens with one attached hydrogen (secondary N) is 2. The summed E-state index contributed by atoms with van der Waals surface area (Å²) in [5.74, 6) is -0.200. The van der Waals surface area contributed by atoms with E-state index in [1.165, 1.54) is 0 Å². The van der Waals surface area contributed by atoms with Gasteiger partial charge in [-0.25, -0.2) is 4.68 Å². The van der Waals surface area contributed by atoms with Crippen LogP contribution in [0.25, 0.3) is 5.69 Å². The molecule has 1 atom stereocenters. The highest BCUT2D eigenvalue weighted by molar-refractivity contribution is 5.93. The van der Waals surface area contributed by atoms with Gasteiger partial charge >= 0.3 is 0 Å². The van der Waals surface area contributed by atoms with Crippen molar-refractivity contribution in [2.75, 3.05) is 13.6 Å². The van der Waals surface area contributed by atoms with E-state index in [1.807, 2.05) is 52.1 Å². The van der Waals surface area contributed by atoms with Crippen LogP contribution in [-0.2, 0) is 0 Å². The first kappa shape index (κ1) is 15.2. The van der Waals surface area contributed by atoms with E-state index >= 15 is 0 Å². The number of likely N-dealkylation sites (N-methyl/N-ethyl adjacent to an activating group) is 1. The molecule has 2 rings (SSSR count). The van der Waals surface area contributed by atoms with Gasteiger partial charge in [-0.3, -0.25) is 4.79 Å². The maximum Gasteiger partial charge on any atom is 0.273 e. The molecule has 1 unspecified atom stereocenters. The van der Waals surface area contributed by atoms with Crippen LogP contribution < -0.4 is 10.6 Å². The Kier molecular flexibility index (Phi) is 4.70. The third kappa shape index (κ3) is 3.46. The summed E-state index contributed by atoms with van der Waals surface area (Å²) in [5, 5.41) is 14.0. The van der Waals surface area contributed by atoms with Crippen LogP contribution in [0.3, 0.4) is 0 Å². The second-order valence-corrected chi connectivity index (χ2v) is 5.17. The third-order valence-electron chi connectivity index (χ3n) is 3.42. The molecule has 1 aromatic carbocycles. The van der Waals surface area contributed by atoms with Crippen LogP contribution in [0.4, 0.5) is 0 Å². The molecule has 2 aromatic rings. The highest BCUT2D eigenvalue weighted by atomic mass is 16.2. The van der Waals surface area contributed by atoms with Crippen LogP contribution in [-0.4, -0.2) is 40.5 Å². The van der Waals surface area contributed by atoms with Crippen molar-refractivity contribution in [1.29, 1.82) is 0 Å². The van der Waals surface area contributed by atoms with Crippen molar-refractivity contribution in [1.82, 2.24) is 25.6 Å². The van der Waals surface area contributed by atoms with Gasteiger partial charge in [-0.05, 0) is 45.5 Å². The highest BCUT2D eigenvalue weighted by Gasteiger charge is 2.17. The van der Waals surface area contributed by atoms with Gasteiger partial charge in [0.25, 0.3) is 5.91 Å². The lowest BCUT2D eigenvalue weighted by molar-refractivity contribution is 0.0945. The summed E-state index contributed by atoms with van der Waals surface area (Å²) in [7, 11) is 1.86. The van der Waals surface area contributed by atoms with Gasteiger partial charge in [-0.2, -0.15) is 0 Å². The molecule has 21 heavy (non-hydrogen) atoms. The monoisotopic (exact) mass is 287 g/mol. The van der Waals surface area contributed by atoms with Gasteiger partial charge in [0, 0.05) is 12.6 Å². The maximum atomic E-state index is 12.1. The molecule has 112 valence electrons. The average Bonchev–Trinajstić information content (AvgIpc) is 2.86. The number of nitrogens with zero attached hydrogens (tertiary/aromatic N) is 3. The predicted octanol–water partition coefficient (Wildman–Crippen LogP) is 1.22. The fourth-order valence-electron chi connectivity index (χ4n) is 1.98. The summed E-state index contributed by atoms with van der Waals surface area (Å²) in [5.41, 5.74) is 3.13. The summed E-state index contributed by atoms with van der Waals surface area (Å²) in [6.07, 6.45) is 0. The van der Waals surface area contributed by atoms with Crippen LogP contribution in [0.5, 0.6) is 0 Å². The molecule has 0 fully saturated rings. The van der Waals surface area contributed by atoms with Crippen molar-refractivity contribution >= 4 is 5.91 Å². The summed E-state index contributed by atoms with van der Waals surface area (Å²) in [6.45, 7) is 6.41. The van der Waals surface area contributed by atoms with Crippen LogP contribution in [0.15, 0.2) is 24.3 Å². The van der Waals surface area contributed by atoms with E-state index in [0.29, 0.717) is 12.2 Å². The standard InChI is InChI=1S/C15H21N5O/c1-10-6-5-7-13(8-10)20-12(3)14(18-19-20)15(21)17-9-11(2)16-4/h5-8,11,16H,9H2,1-4H3,(H,17,21). The van der Waals surface area contributed by atoms with Gasteiger partial charge in [-0.1, -0.05) is 17.3 Å². The molecule has 0 aliphatic carbocycles. The maximum absolute atomic E-state index is 12.1. The van der Waals surface area contributed by atoms with E-state index in [1.54, 1.807) is 4.68 Å². The van der Waals surface area contributed by atoms with Crippen molar-refractivity contribution in [3.05, 3.63) is 41.2 Å². The molecule has 1 aromatic heterocycles. The van der Waals surface area contributed by atoms with E-state index in [2.05, 4.69) is 20.9 Å². The Morgan fingerprint density at radius 1 is 1.38 bits per heavy atom. The van der Waals surface area contributed by atoms with E-state index in [0.717, 1.165) is 16.9 Å². The molecule has 6 heteroatoms. The molecule has 0 saturated carbocycles. The minimum Gasteiger partial charge on any atom is -0.349 e. The van der Waals surface area contributed by atoms with Crippen molar-refractivity contribution < 1.29 is 4.79 Å². The normalized spacial score (nSPS) is 12.2. The number of carbonyl (C=O) groups is 1. The van der Waals surface area contributed by atoms with Gasteiger partial charge in [0.15, 0.2) is 5.69 Å². The topological polar surface area (TPSA) is 71.8 Å². The second kappa shape index (κ2) is 6.49. The van der Waals surface area contributed by atoms with E-state index in [9.17, 15) is 4.79 Å². The third-order valence-corrected chi connectivity index (χ3v) is 3.42. The molecule has 2 N–H and O–H groups in total. The highest BCUT2D eigenvalue weighted by Crippen LogP contribution is 2.13. The second-order valence-electron chi connectivity index (χ2n) is 5.17. The number of rotatable bonds is 5. The number of hydrogen-bond donors (Lipinski definition) is 2. The molecule has 0 aliphatic heterocycles. The lowest BCUT2D eigenvalue weighted by atomic mass is 10.2. The number of hydrogen-bond acceptors (Lipinski definition) is 4. The zero-order valence-corrected chi connectivity index (χ0v) is 12.8. The first-order chi connectivity index (χ1) is 10.0. The Balaban J connectivity index is 2.19. The predicted molar refractivity (Wildman–Crippen MR) is 81.7 cm³/mol. The van der Waals surface area contributed by atoms with Gasteiger partial charge in [-0.15, -0.1) is 5.10 Å². The first-order valence-electron chi connectivity index (χ1n) is 6.97.